The van der Waals surface area contributed by atoms with Gasteiger partial charge in [0.05, 0.1) is 0 Å². The van der Waals surface area contributed by atoms with Crippen LogP contribution in [0.5, 0.6) is 0 Å². The molecule has 0 saturated heterocycles. The van der Waals surface area contributed by atoms with Crippen LogP contribution in [0, 0.1) is 12.1 Å². The van der Waals surface area contributed by atoms with E-state index in [1.54, 1.807) is 6.92 Å². The molecule has 0 N–H and O–H groups in total. The van der Waals surface area contributed by atoms with E-state index in [-0.39, 0.29) is 0 Å². The molecule has 0 atom stereocenters. The lowest BCUT2D eigenvalue weighted by Crippen LogP contribution is -2.30. The summed E-state index contributed by atoms with van der Waals surface area (Å²) in [5.74, 6) is 0. The number of hydrogen-bond donors (Lipinski definition) is 0. The Labute approximate surface area is 96.1 Å². The van der Waals surface area contributed by atoms with Gasteiger partial charge in [-0.1, -0.05) is 30.3 Å². The summed E-state index contributed by atoms with van der Waals surface area (Å²) in [6.45, 7) is 1.76. The monoisotopic (exact) mass is 264 g/mol. The van der Waals surface area contributed by atoms with E-state index in [4.69, 9.17) is 0 Å². The van der Waals surface area contributed by atoms with Crippen molar-refractivity contribution in [3.63, 3.8) is 0 Å². The Bertz CT molecular complexity index is 485. The van der Waals surface area contributed by atoms with Crippen molar-refractivity contribution in [1.29, 1.82) is 0 Å². The maximum Gasteiger partial charge on any atom is 0.290 e. The minimum Gasteiger partial charge on any atom is -0.711 e. The number of rotatable bonds is 1. The molecule has 0 fully saturated rings. The lowest BCUT2D eigenvalue weighted by Gasteiger charge is -2.07. The SMILES string of the molecule is Cc1c(Br)c(-c2ccccc2)nc[n+]1[O-]. The molecule has 2 rings (SSSR count). The number of halogens is 1. The van der Waals surface area contributed by atoms with Gasteiger partial charge in [-0.2, -0.15) is 0 Å². The second-order valence-electron chi connectivity index (χ2n) is 3.18. The van der Waals surface area contributed by atoms with Crippen LogP contribution in [0.15, 0.2) is 41.1 Å². The Morgan fingerprint density at radius 3 is 2.60 bits per heavy atom. The standard InChI is InChI=1S/C11H9BrN2O/c1-8-10(12)11(13-7-14(8)15)9-5-3-2-4-6-9/h2-7H,1H3. The second kappa shape index (κ2) is 3.98. The van der Waals surface area contributed by atoms with E-state index in [1.165, 1.54) is 6.33 Å². The Kier molecular flexibility index (Phi) is 2.68. The molecule has 0 aliphatic rings. The molecule has 0 bridgehead atoms. The first-order valence-corrected chi connectivity index (χ1v) is 5.29. The highest BCUT2D eigenvalue weighted by atomic mass is 79.9. The highest BCUT2D eigenvalue weighted by molar-refractivity contribution is 9.10. The van der Waals surface area contributed by atoms with Crippen LogP contribution in [0.3, 0.4) is 0 Å². The Balaban J connectivity index is 2.60. The van der Waals surface area contributed by atoms with Crippen molar-refractivity contribution in [2.24, 2.45) is 0 Å². The third kappa shape index (κ3) is 1.85. The zero-order chi connectivity index (χ0) is 10.8. The van der Waals surface area contributed by atoms with Gasteiger partial charge in [-0.25, -0.2) is 4.73 Å². The molecule has 0 saturated carbocycles. The van der Waals surface area contributed by atoms with E-state index >= 15 is 0 Å². The molecular weight excluding hydrogens is 256 g/mol. The number of hydrogen-bond acceptors (Lipinski definition) is 2. The minimum atomic E-state index is 0.615. The van der Waals surface area contributed by atoms with Gasteiger partial charge in [-0.05, 0) is 27.8 Å². The highest BCUT2D eigenvalue weighted by Gasteiger charge is 2.14. The summed E-state index contributed by atoms with van der Waals surface area (Å²) in [4.78, 5) is 4.11. The largest absolute Gasteiger partial charge is 0.711 e. The summed E-state index contributed by atoms with van der Waals surface area (Å²) in [6, 6.07) is 9.75. The van der Waals surface area contributed by atoms with Crippen LogP contribution in [-0.4, -0.2) is 4.98 Å². The molecule has 2 aromatic rings. The van der Waals surface area contributed by atoms with Crippen LogP contribution in [-0.2, 0) is 0 Å². The zero-order valence-electron chi connectivity index (χ0n) is 8.14. The van der Waals surface area contributed by atoms with Crippen molar-refractivity contribution in [3.05, 3.63) is 52.0 Å². The molecule has 3 nitrogen and oxygen atoms in total. The Morgan fingerprint density at radius 1 is 1.27 bits per heavy atom. The average Bonchev–Trinajstić information content (AvgIpc) is 2.27. The minimum absolute atomic E-state index is 0.615. The van der Waals surface area contributed by atoms with E-state index < -0.39 is 0 Å². The van der Waals surface area contributed by atoms with Gasteiger partial charge in [-0.3, -0.25) is 0 Å². The number of nitrogens with zero attached hydrogens (tertiary/aromatic N) is 2. The average molecular weight is 265 g/mol. The first-order valence-electron chi connectivity index (χ1n) is 4.50. The van der Waals surface area contributed by atoms with Gasteiger partial charge in [0.1, 0.15) is 10.2 Å². The fourth-order valence-corrected chi connectivity index (χ4v) is 1.82. The van der Waals surface area contributed by atoms with Crippen molar-refractivity contribution in [2.75, 3.05) is 0 Å². The second-order valence-corrected chi connectivity index (χ2v) is 3.98. The van der Waals surface area contributed by atoms with Crippen LogP contribution in [0.2, 0.25) is 0 Å². The van der Waals surface area contributed by atoms with Crippen LogP contribution >= 0.6 is 15.9 Å². The number of benzene rings is 1. The van der Waals surface area contributed by atoms with E-state index in [0.29, 0.717) is 5.69 Å². The molecule has 0 unspecified atom stereocenters. The van der Waals surface area contributed by atoms with E-state index in [9.17, 15) is 5.21 Å². The summed E-state index contributed by atoms with van der Waals surface area (Å²) in [7, 11) is 0. The normalized spacial score (nSPS) is 10.3. The predicted molar refractivity (Wildman–Crippen MR) is 61.1 cm³/mol. The lowest BCUT2D eigenvalue weighted by atomic mass is 10.1. The molecule has 76 valence electrons. The number of aromatic nitrogens is 2. The molecule has 1 aromatic carbocycles. The molecule has 0 radical (unpaired) electrons. The summed E-state index contributed by atoms with van der Waals surface area (Å²) >= 11 is 3.38. The molecule has 0 aliphatic carbocycles. The van der Waals surface area contributed by atoms with Crippen molar-refractivity contribution in [1.82, 2.24) is 4.98 Å². The van der Waals surface area contributed by atoms with Gasteiger partial charge >= 0.3 is 0 Å². The predicted octanol–water partition coefficient (Wildman–Crippen LogP) is 2.45. The van der Waals surface area contributed by atoms with Crippen molar-refractivity contribution < 1.29 is 4.73 Å². The fraction of sp³-hybridized carbons (Fsp3) is 0.0909. The Hall–Kier alpha value is -1.42. The zero-order valence-corrected chi connectivity index (χ0v) is 9.73. The molecule has 1 heterocycles. The quantitative estimate of drug-likeness (QED) is 0.587. The third-order valence-electron chi connectivity index (χ3n) is 2.20. The molecule has 0 aliphatic heterocycles. The van der Waals surface area contributed by atoms with Gasteiger partial charge in [0.15, 0.2) is 5.69 Å². The van der Waals surface area contributed by atoms with Gasteiger partial charge in [0, 0.05) is 5.56 Å². The molecule has 0 spiro atoms. The van der Waals surface area contributed by atoms with E-state index in [1.807, 2.05) is 30.3 Å². The van der Waals surface area contributed by atoms with Gasteiger partial charge in [-0.15, -0.1) is 0 Å². The van der Waals surface area contributed by atoms with Crippen LogP contribution in [0.25, 0.3) is 11.3 Å². The molecule has 0 amide bonds. The molecular formula is C11H9BrN2O. The molecule has 1 aromatic heterocycles. The summed E-state index contributed by atoms with van der Waals surface area (Å²) in [6.07, 6.45) is 1.28. The summed E-state index contributed by atoms with van der Waals surface area (Å²) in [5, 5.41) is 11.2. The first-order chi connectivity index (χ1) is 7.20. The van der Waals surface area contributed by atoms with Crippen LogP contribution < -0.4 is 4.73 Å². The van der Waals surface area contributed by atoms with Crippen molar-refractivity contribution in [2.45, 2.75) is 6.92 Å². The molecule has 4 heteroatoms. The lowest BCUT2D eigenvalue weighted by molar-refractivity contribution is -0.616. The van der Waals surface area contributed by atoms with Crippen molar-refractivity contribution in [3.8, 4) is 11.3 Å². The van der Waals surface area contributed by atoms with Gasteiger partial charge in [0.25, 0.3) is 6.33 Å². The van der Waals surface area contributed by atoms with Crippen LogP contribution in [0.1, 0.15) is 5.69 Å². The van der Waals surface area contributed by atoms with E-state index in [0.717, 1.165) is 20.5 Å². The van der Waals surface area contributed by atoms with Gasteiger partial charge < -0.3 is 5.21 Å². The smallest absolute Gasteiger partial charge is 0.290 e. The maximum absolute atomic E-state index is 11.2. The molecule has 15 heavy (non-hydrogen) atoms. The van der Waals surface area contributed by atoms with Gasteiger partial charge in [0.2, 0.25) is 0 Å². The third-order valence-corrected chi connectivity index (χ3v) is 3.14. The first kappa shape index (κ1) is 10.1. The summed E-state index contributed by atoms with van der Waals surface area (Å²) < 4.78 is 1.49. The fourth-order valence-electron chi connectivity index (χ4n) is 1.32. The summed E-state index contributed by atoms with van der Waals surface area (Å²) in [5.41, 5.74) is 2.40. The van der Waals surface area contributed by atoms with E-state index in [2.05, 4.69) is 20.9 Å². The topological polar surface area (TPSA) is 39.8 Å². The van der Waals surface area contributed by atoms with Crippen molar-refractivity contribution >= 4 is 15.9 Å². The Morgan fingerprint density at radius 2 is 1.93 bits per heavy atom. The highest BCUT2D eigenvalue weighted by Crippen LogP contribution is 2.26. The maximum atomic E-state index is 11.2. The van der Waals surface area contributed by atoms with Crippen LogP contribution in [0.4, 0.5) is 0 Å².